The maximum absolute atomic E-state index is 12.5. The molecule has 5 rings (SSSR count). The number of hydrogen-bond donors (Lipinski definition) is 2. The number of nitrogens with zero attached hydrogens (tertiary/aromatic N) is 3. The predicted molar refractivity (Wildman–Crippen MR) is 169 cm³/mol. The topological polar surface area (TPSA) is 136 Å². The van der Waals surface area contributed by atoms with Gasteiger partial charge in [0.15, 0.2) is 10.9 Å². The maximum atomic E-state index is 12.5. The van der Waals surface area contributed by atoms with E-state index in [1.165, 1.54) is 35.8 Å². The average Bonchev–Trinajstić information content (AvgIpc) is 3.39. The van der Waals surface area contributed by atoms with Crippen LogP contribution in [-0.2, 0) is 4.79 Å². The molecule has 5 aromatic rings. The fraction of sp³-hybridized carbons (Fsp3) is 0.0345. The van der Waals surface area contributed by atoms with Crippen molar-refractivity contribution in [3.63, 3.8) is 0 Å². The number of anilines is 1. The fourth-order valence-corrected chi connectivity index (χ4v) is 6.31. The van der Waals surface area contributed by atoms with Crippen LogP contribution in [0.3, 0.4) is 0 Å². The number of nitro groups is 1. The minimum absolute atomic E-state index is 0.143. The Morgan fingerprint density at radius 2 is 1.86 bits per heavy atom. The molecule has 0 bridgehead atoms. The van der Waals surface area contributed by atoms with Crippen LogP contribution in [0, 0.1) is 10.1 Å². The van der Waals surface area contributed by atoms with E-state index in [0.717, 1.165) is 16.5 Å². The lowest BCUT2D eigenvalue weighted by Crippen LogP contribution is -2.24. The molecule has 0 unspecified atom stereocenters. The Balaban J connectivity index is 1.22. The Morgan fingerprint density at radius 3 is 2.63 bits per heavy atom. The zero-order chi connectivity index (χ0) is 30.3. The van der Waals surface area contributed by atoms with Gasteiger partial charge in [0.05, 0.1) is 31.3 Å². The molecule has 1 heterocycles. The van der Waals surface area contributed by atoms with Gasteiger partial charge < -0.3 is 10.1 Å². The van der Waals surface area contributed by atoms with Gasteiger partial charge in [-0.05, 0) is 54.6 Å². The fourth-order valence-electron chi connectivity index (χ4n) is 3.70. The molecule has 0 fully saturated rings. The summed E-state index contributed by atoms with van der Waals surface area (Å²) in [5.74, 6) is -0.492. The van der Waals surface area contributed by atoms with Gasteiger partial charge in [-0.2, -0.15) is 5.10 Å². The largest absolute Gasteiger partial charge is 0.482 e. The summed E-state index contributed by atoms with van der Waals surface area (Å²) < 4.78 is 6.76. The molecule has 1 aromatic heterocycles. The van der Waals surface area contributed by atoms with Crippen LogP contribution in [0.25, 0.3) is 10.2 Å². The second-order valence-corrected chi connectivity index (χ2v) is 11.9. The van der Waals surface area contributed by atoms with Gasteiger partial charge in [0, 0.05) is 27.9 Å². The summed E-state index contributed by atoms with van der Waals surface area (Å²) in [7, 11) is 0. The smallest absolute Gasteiger partial charge is 0.283 e. The molecule has 4 aromatic carbocycles. The van der Waals surface area contributed by atoms with E-state index in [2.05, 4.69) is 20.8 Å². The summed E-state index contributed by atoms with van der Waals surface area (Å²) in [6.45, 7) is -0.350. The molecule has 0 aliphatic carbocycles. The highest BCUT2D eigenvalue weighted by atomic mass is 35.5. The molecule has 2 N–H and O–H groups in total. The zero-order valence-corrected chi connectivity index (χ0v) is 25.0. The number of benzene rings is 4. The Labute approximate surface area is 262 Å². The zero-order valence-electron chi connectivity index (χ0n) is 21.8. The van der Waals surface area contributed by atoms with Gasteiger partial charge in [-0.1, -0.05) is 59.2 Å². The van der Waals surface area contributed by atoms with Crippen molar-refractivity contribution in [3.05, 3.63) is 116 Å². The lowest BCUT2D eigenvalue weighted by molar-refractivity contribution is -0.387. The van der Waals surface area contributed by atoms with E-state index in [1.807, 2.05) is 12.1 Å². The predicted octanol–water partition coefficient (Wildman–Crippen LogP) is 7.44. The van der Waals surface area contributed by atoms with Crippen LogP contribution >= 0.6 is 46.3 Å². The molecule has 14 heteroatoms. The van der Waals surface area contributed by atoms with Crippen LogP contribution in [0.15, 0.2) is 99.3 Å². The van der Waals surface area contributed by atoms with Crippen molar-refractivity contribution < 1.29 is 19.2 Å². The highest BCUT2D eigenvalue weighted by Crippen LogP contribution is 2.39. The number of fused-ring (bicyclic) bond motifs is 1. The molecule has 10 nitrogen and oxygen atoms in total. The van der Waals surface area contributed by atoms with Crippen molar-refractivity contribution in [1.29, 1.82) is 0 Å². The standard InChI is InChI=1S/C29H19Cl2N5O5S2/c30-19-7-10-24(21(31)13-19)41-16-27(37)35-32-15-17-6-11-25(23(12-17)36(39)40)42-29-34-22-9-8-20(14-26(22)43-29)33-28(38)18-4-2-1-3-5-18/h1-15H,16H2,(H,33,38)(H,35,37)/b32-15-. The molecule has 43 heavy (non-hydrogen) atoms. The molecule has 2 amide bonds. The monoisotopic (exact) mass is 651 g/mol. The van der Waals surface area contributed by atoms with Crippen LogP contribution in [-0.4, -0.2) is 34.5 Å². The number of nitro benzene ring substituents is 1. The number of halogens is 2. The number of rotatable bonds is 10. The Kier molecular flexibility index (Phi) is 9.52. The number of amides is 2. The first-order valence-corrected chi connectivity index (χ1v) is 14.8. The van der Waals surface area contributed by atoms with Crippen LogP contribution in [0.2, 0.25) is 10.0 Å². The van der Waals surface area contributed by atoms with Gasteiger partial charge >= 0.3 is 0 Å². The van der Waals surface area contributed by atoms with E-state index >= 15 is 0 Å². The maximum Gasteiger partial charge on any atom is 0.283 e. The Hall–Kier alpha value is -4.49. The molecular formula is C29H19Cl2N5O5S2. The summed E-state index contributed by atoms with van der Waals surface area (Å²) in [4.78, 5) is 40.9. The Morgan fingerprint density at radius 1 is 1.05 bits per heavy atom. The molecule has 0 aliphatic rings. The minimum atomic E-state index is -0.553. The molecule has 0 saturated carbocycles. The number of hydrogen-bond acceptors (Lipinski definition) is 9. The third-order valence-corrected chi connectivity index (χ3v) is 8.37. The first kappa shape index (κ1) is 30.0. The Bertz CT molecular complexity index is 1870. The van der Waals surface area contributed by atoms with E-state index in [0.29, 0.717) is 36.6 Å². The van der Waals surface area contributed by atoms with E-state index in [1.54, 1.807) is 54.6 Å². The molecule has 0 saturated heterocycles. The second-order valence-electron chi connectivity index (χ2n) is 8.73. The molecular weight excluding hydrogens is 633 g/mol. The molecule has 0 aliphatic heterocycles. The van der Waals surface area contributed by atoms with Gasteiger partial charge in [-0.3, -0.25) is 19.7 Å². The summed E-state index contributed by atoms with van der Waals surface area (Å²) in [6.07, 6.45) is 1.29. The van der Waals surface area contributed by atoms with E-state index < -0.39 is 10.8 Å². The third-order valence-electron chi connectivity index (χ3n) is 5.70. The van der Waals surface area contributed by atoms with Crippen molar-refractivity contribution in [1.82, 2.24) is 10.4 Å². The minimum Gasteiger partial charge on any atom is -0.482 e. The molecule has 0 spiro atoms. The second kappa shape index (κ2) is 13.7. The van der Waals surface area contributed by atoms with Crippen LogP contribution < -0.4 is 15.5 Å². The number of ether oxygens (including phenoxy) is 1. The highest BCUT2D eigenvalue weighted by molar-refractivity contribution is 8.01. The lowest BCUT2D eigenvalue weighted by Gasteiger charge is -2.07. The van der Waals surface area contributed by atoms with Gasteiger partial charge in [0.25, 0.3) is 17.5 Å². The normalized spacial score (nSPS) is 11.0. The number of carbonyl (C=O) groups is 2. The highest BCUT2D eigenvalue weighted by Gasteiger charge is 2.18. The number of thiazole rings is 1. The summed E-state index contributed by atoms with van der Waals surface area (Å²) in [5, 5.41) is 19.3. The van der Waals surface area contributed by atoms with Crippen molar-refractivity contribution in [2.45, 2.75) is 9.24 Å². The molecule has 216 valence electrons. The van der Waals surface area contributed by atoms with Crippen LogP contribution in [0.4, 0.5) is 11.4 Å². The third kappa shape index (κ3) is 7.87. The molecule has 0 radical (unpaired) electrons. The molecule has 0 atom stereocenters. The summed E-state index contributed by atoms with van der Waals surface area (Å²) >= 11 is 14.4. The number of carbonyl (C=O) groups excluding carboxylic acids is 2. The van der Waals surface area contributed by atoms with Crippen LogP contribution in [0.1, 0.15) is 15.9 Å². The van der Waals surface area contributed by atoms with Crippen molar-refractivity contribution in [3.8, 4) is 5.75 Å². The van der Waals surface area contributed by atoms with Gasteiger partial charge in [-0.25, -0.2) is 10.4 Å². The first-order chi connectivity index (χ1) is 20.7. The van der Waals surface area contributed by atoms with Crippen molar-refractivity contribution in [2.75, 3.05) is 11.9 Å². The van der Waals surface area contributed by atoms with Gasteiger partial charge in [0.2, 0.25) is 0 Å². The van der Waals surface area contributed by atoms with E-state index in [-0.39, 0.29) is 29.0 Å². The number of aromatic nitrogens is 1. The SMILES string of the molecule is O=C(COc1ccc(Cl)cc1Cl)N/N=C\c1ccc(Sc2nc3ccc(NC(=O)c4ccccc4)cc3s2)c([N+](=O)[O-])c1. The van der Waals surface area contributed by atoms with Crippen molar-refractivity contribution >= 4 is 85.9 Å². The summed E-state index contributed by atoms with van der Waals surface area (Å²) in [5.41, 5.74) is 4.42. The van der Waals surface area contributed by atoms with E-state index in [4.69, 9.17) is 27.9 Å². The van der Waals surface area contributed by atoms with Gasteiger partial charge in [-0.15, -0.1) is 11.3 Å². The summed E-state index contributed by atoms with van der Waals surface area (Å²) in [6, 6.07) is 23.4. The van der Waals surface area contributed by atoms with E-state index in [9.17, 15) is 19.7 Å². The van der Waals surface area contributed by atoms with Crippen molar-refractivity contribution in [2.24, 2.45) is 5.10 Å². The quantitative estimate of drug-likeness (QED) is 0.0909. The van der Waals surface area contributed by atoms with Gasteiger partial charge in [0.1, 0.15) is 5.75 Å². The van der Waals surface area contributed by atoms with Crippen LogP contribution in [0.5, 0.6) is 5.75 Å². The number of hydrazone groups is 1. The number of nitrogens with one attached hydrogen (secondary N) is 2. The average molecular weight is 653 g/mol. The lowest BCUT2D eigenvalue weighted by atomic mass is 10.2. The first-order valence-electron chi connectivity index (χ1n) is 12.4.